The minimum Gasteiger partial charge on any atom is -0.313 e. The lowest BCUT2D eigenvalue weighted by atomic mass is 10.4. The van der Waals surface area contributed by atoms with Crippen molar-refractivity contribution in [3.63, 3.8) is 0 Å². The van der Waals surface area contributed by atoms with Gasteiger partial charge in [0.2, 0.25) is 0 Å². The third kappa shape index (κ3) is 10.1. The first-order chi connectivity index (χ1) is 7.12. The van der Waals surface area contributed by atoms with Crippen LogP contribution in [0.5, 0.6) is 0 Å². The topological polar surface area (TPSA) is 70.2 Å². The van der Waals surface area contributed by atoms with E-state index in [9.17, 15) is 21.6 Å². The van der Waals surface area contributed by atoms with Crippen molar-refractivity contribution in [2.45, 2.75) is 26.1 Å². The smallest absolute Gasteiger partial charge is 0.313 e. The highest BCUT2D eigenvalue weighted by molar-refractivity contribution is 7.87. The van der Waals surface area contributed by atoms with E-state index in [0.29, 0.717) is 6.54 Å². The highest BCUT2D eigenvalue weighted by atomic mass is 32.2. The maximum Gasteiger partial charge on any atom is 0.402 e. The number of hydrogen-bond acceptors (Lipinski definition) is 3. The molecule has 3 N–H and O–H groups in total. The van der Waals surface area contributed by atoms with Gasteiger partial charge in [-0.3, -0.25) is 0 Å². The van der Waals surface area contributed by atoms with Crippen molar-refractivity contribution in [3.05, 3.63) is 0 Å². The highest BCUT2D eigenvalue weighted by Crippen LogP contribution is 2.12. The molecule has 0 heterocycles. The van der Waals surface area contributed by atoms with Gasteiger partial charge in [-0.2, -0.15) is 26.3 Å². The molecule has 0 aromatic carbocycles. The van der Waals surface area contributed by atoms with E-state index < -0.39 is 22.9 Å². The van der Waals surface area contributed by atoms with Crippen LogP contribution in [0, 0.1) is 0 Å². The van der Waals surface area contributed by atoms with E-state index in [2.05, 4.69) is 5.32 Å². The number of halogens is 3. The van der Waals surface area contributed by atoms with Gasteiger partial charge in [0.15, 0.2) is 0 Å². The van der Waals surface area contributed by atoms with E-state index in [1.54, 1.807) is 0 Å². The van der Waals surface area contributed by atoms with Crippen LogP contribution in [0.3, 0.4) is 0 Å². The van der Waals surface area contributed by atoms with Crippen LogP contribution in [0.4, 0.5) is 13.2 Å². The Balaban J connectivity index is 3.80. The molecule has 0 amide bonds. The van der Waals surface area contributed by atoms with Crippen LogP contribution in [0.25, 0.3) is 0 Å². The number of nitrogens with one attached hydrogen (secondary N) is 3. The fourth-order valence-electron chi connectivity index (χ4n) is 0.774. The summed E-state index contributed by atoms with van der Waals surface area (Å²) < 4.78 is 60.5. The van der Waals surface area contributed by atoms with Gasteiger partial charge in [-0.15, -0.1) is 0 Å². The normalized spacial score (nSPS) is 13.4. The molecule has 16 heavy (non-hydrogen) atoms. The Morgan fingerprint density at radius 2 is 1.69 bits per heavy atom. The summed E-state index contributed by atoms with van der Waals surface area (Å²) in [4.78, 5) is 0. The molecular weight excluding hydrogens is 247 g/mol. The van der Waals surface area contributed by atoms with Gasteiger partial charge >= 0.3 is 6.18 Å². The van der Waals surface area contributed by atoms with Gasteiger partial charge in [-0.1, -0.05) is 13.8 Å². The van der Waals surface area contributed by atoms with E-state index in [1.807, 2.05) is 18.6 Å². The van der Waals surface area contributed by atoms with E-state index in [0.717, 1.165) is 0 Å². The minimum atomic E-state index is -4.55. The van der Waals surface area contributed by atoms with Gasteiger partial charge in [0.1, 0.15) is 6.54 Å². The second kappa shape index (κ2) is 6.38. The first kappa shape index (κ1) is 15.6. The summed E-state index contributed by atoms with van der Waals surface area (Å²) in [5.41, 5.74) is 0. The molecule has 0 rings (SSSR count). The van der Waals surface area contributed by atoms with Gasteiger partial charge in [-0.05, 0) is 0 Å². The Morgan fingerprint density at radius 3 is 2.12 bits per heavy atom. The van der Waals surface area contributed by atoms with Gasteiger partial charge in [0.05, 0.1) is 0 Å². The SMILES string of the molecule is CC(C)NCCNS(=O)(=O)NCC(F)(F)F. The zero-order valence-electron chi connectivity index (χ0n) is 9.06. The molecule has 0 unspecified atom stereocenters. The van der Waals surface area contributed by atoms with E-state index in [1.165, 1.54) is 4.72 Å². The molecule has 0 aliphatic rings. The zero-order valence-corrected chi connectivity index (χ0v) is 9.87. The number of alkyl halides is 3. The maximum absolute atomic E-state index is 11.7. The van der Waals surface area contributed by atoms with Gasteiger partial charge in [0.25, 0.3) is 10.2 Å². The molecule has 5 nitrogen and oxygen atoms in total. The molecule has 0 atom stereocenters. The van der Waals surface area contributed by atoms with Gasteiger partial charge in [-0.25, -0.2) is 4.72 Å². The molecule has 0 radical (unpaired) electrons. The summed E-state index contributed by atoms with van der Waals surface area (Å²) in [5, 5.41) is 2.91. The molecule has 0 aromatic heterocycles. The van der Waals surface area contributed by atoms with Crippen molar-refractivity contribution in [2.24, 2.45) is 0 Å². The van der Waals surface area contributed by atoms with Crippen LogP contribution < -0.4 is 14.8 Å². The predicted molar refractivity (Wildman–Crippen MR) is 54.1 cm³/mol. The van der Waals surface area contributed by atoms with Crippen molar-refractivity contribution in [1.82, 2.24) is 14.8 Å². The lowest BCUT2D eigenvalue weighted by molar-refractivity contribution is -0.121. The zero-order chi connectivity index (χ0) is 12.8. The Hall–Kier alpha value is -0.380. The Bertz CT molecular complexity index is 290. The third-order valence-electron chi connectivity index (χ3n) is 1.43. The largest absolute Gasteiger partial charge is 0.402 e. The molecule has 9 heteroatoms. The Kier molecular flexibility index (Phi) is 6.23. The monoisotopic (exact) mass is 263 g/mol. The number of hydrogen-bond donors (Lipinski definition) is 3. The molecule has 0 fully saturated rings. The second-order valence-electron chi connectivity index (χ2n) is 3.44. The fraction of sp³-hybridized carbons (Fsp3) is 1.00. The fourth-order valence-corrected chi connectivity index (χ4v) is 1.60. The van der Waals surface area contributed by atoms with Crippen molar-refractivity contribution in [1.29, 1.82) is 0 Å². The first-order valence-corrected chi connectivity index (χ1v) is 6.15. The summed E-state index contributed by atoms with van der Waals surface area (Å²) >= 11 is 0. The highest BCUT2D eigenvalue weighted by Gasteiger charge is 2.29. The number of rotatable bonds is 7. The Labute approximate surface area is 93.0 Å². The van der Waals surface area contributed by atoms with Crippen molar-refractivity contribution >= 4 is 10.2 Å². The molecule has 98 valence electrons. The summed E-state index contributed by atoms with van der Waals surface area (Å²) in [7, 11) is -4.07. The van der Waals surface area contributed by atoms with E-state index >= 15 is 0 Å². The average Bonchev–Trinajstić information content (AvgIpc) is 2.08. The van der Waals surface area contributed by atoms with Crippen molar-refractivity contribution in [2.75, 3.05) is 19.6 Å². The third-order valence-corrected chi connectivity index (χ3v) is 2.54. The summed E-state index contributed by atoms with van der Waals surface area (Å²) in [5.74, 6) is 0. The van der Waals surface area contributed by atoms with Crippen LogP contribution in [-0.2, 0) is 10.2 Å². The quantitative estimate of drug-likeness (QED) is 0.565. The predicted octanol–water partition coefficient (Wildman–Crippen LogP) is -0.0293. The van der Waals surface area contributed by atoms with Crippen LogP contribution in [0.2, 0.25) is 0 Å². The van der Waals surface area contributed by atoms with E-state index in [4.69, 9.17) is 0 Å². The molecule has 0 saturated heterocycles. The molecule has 0 aromatic rings. The lowest BCUT2D eigenvalue weighted by Gasteiger charge is -2.11. The molecular formula is C7H16F3N3O2S. The van der Waals surface area contributed by atoms with Crippen molar-refractivity contribution in [3.8, 4) is 0 Å². The molecule has 0 spiro atoms. The van der Waals surface area contributed by atoms with Gasteiger partial charge < -0.3 is 5.32 Å². The van der Waals surface area contributed by atoms with Gasteiger partial charge in [0, 0.05) is 19.1 Å². The molecule has 0 bridgehead atoms. The summed E-state index contributed by atoms with van der Waals surface area (Å²) in [6.45, 7) is 2.56. The van der Waals surface area contributed by atoms with E-state index in [-0.39, 0.29) is 12.6 Å². The average molecular weight is 263 g/mol. The Morgan fingerprint density at radius 1 is 1.12 bits per heavy atom. The summed E-state index contributed by atoms with van der Waals surface area (Å²) in [6.07, 6.45) is -4.55. The van der Waals surface area contributed by atoms with Crippen LogP contribution in [0.15, 0.2) is 0 Å². The lowest BCUT2D eigenvalue weighted by Crippen LogP contribution is -2.44. The van der Waals surface area contributed by atoms with Crippen LogP contribution >= 0.6 is 0 Å². The maximum atomic E-state index is 11.7. The standard InChI is InChI=1S/C7H16F3N3O2S/c1-6(2)11-3-4-12-16(14,15)13-5-7(8,9)10/h6,11-13H,3-5H2,1-2H3. The molecule has 0 aliphatic carbocycles. The summed E-state index contributed by atoms with van der Waals surface area (Å²) in [6, 6.07) is 0.188. The minimum absolute atomic E-state index is 0.0331. The van der Waals surface area contributed by atoms with Crippen LogP contribution in [-0.4, -0.2) is 40.3 Å². The van der Waals surface area contributed by atoms with Crippen LogP contribution in [0.1, 0.15) is 13.8 Å². The first-order valence-electron chi connectivity index (χ1n) is 4.67. The molecule has 0 saturated carbocycles. The second-order valence-corrected chi connectivity index (χ2v) is 5.03. The molecule has 0 aliphatic heterocycles. The van der Waals surface area contributed by atoms with Crippen molar-refractivity contribution < 1.29 is 21.6 Å².